The summed E-state index contributed by atoms with van der Waals surface area (Å²) in [5.41, 5.74) is 1.22. The van der Waals surface area contributed by atoms with Gasteiger partial charge in [-0.05, 0) is 6.07 Å². The van der Waals surface area contributed by atoms with Crippen molar-refractivity contribution >= 4 is 0 Å². The molecule has 0 atom stereocenters. The lowest BCUT2D eigenvalue weighted by Gasteiger charge is -2.03. The van der Waals surface area contributed by atoms with E-state index in [1.165, 1.54) is 0 Å². The number of rotatable bonds is 3. The van der Waals surface area contributed by atoms with Crippen LogP contribution in [0.1, 0.15) is 31.2 Å². The fraction of sp³-hybridized carbons (Fsp3) is 0.333. The molecule has 0 aliphatic carbocycles. The summed E-state index contributed by atoms with van der Waals surface area (Å²) in [7, 11) is 0. The van der Waals surface area contributed by atoms with Gasteiger partial charge in [0.15, 0.2) is 5.82 Å². The van der Waals surface area contributed by atoms with E-state index in [-0.39, 0.29) is 0 Å². The second-order valence-electron chi connectivity index (χ2n) is 3.57. The fourth-order valence-corrected chi connectivity index (χ4v) is 1.59. The van der Waals surface area contributed by atoms with Crippen LogP contribution in [0.25, 0.3) is 5.69 Å². The fourth-order valence-electron chi connectivity index (χ4n) is 1.59. The number of pyridine rings is 1. The Balaban J connectivity index is 2.51. The van der Waals surface area contributed by atoms with E-state index in [2.05, 4.69) is 15.1 Å². The predicted octanol–water partition coefficient (Wildman–Crippen LogP) is 1.66. The highest BCUT2D eigenvalue weighted by atomic mass is 15.3. The van der Waals surface area contributed by atoms with Crippen LogP contribution in [-0.4, -0.2) is 19.7 Å². The highest BCUT2D eigenvalue weighted by Gasteiger charge is 2.09. The average molecular weight is 227 g/mol. The van der Waals surface area contributed by atoms with Crippen LogP contribution in [-0.2, 0) is 12.8 Å². The quantitative estimate of drug-likeness (QED) is 0.799. The summed E-state index contributed by atoms with van der Waals surface area (Å²) >= 11 is 0. The molecule has 0 saturated carbocycles. The van der Waals surface area contributed by atoms with Crippen molar-refractivity contribution in [2.75, 3.05) is 0 Å². The summed E-state index contributed by atoms with van der Waals surface area (Å²) in [6.45, 7) is 4.05. The maximum atomic E-state index is 8.83. The zero-order chi connectivity index (χ0) is 12.3. The lowest BCUT2D eigenvalue weighted by molar-refractivity contribution is 0.789. The van der Waals surface area contributed by atoms with Crippen molar-refractivity contribution in [3.63, 3.8) is 0 Å². The first-order valence-electron chi connectivity index (χ1n) is 5.59. The van der Waals surface area contributed by atoms with Crippen molar-refractivity contribution in [3.8, 4) is 11.8 Å². The third-order valence-electron chi connectivity index (χ3n) is 2.45. The summed E-state index contributed by atoms with van der Waals surface area (Å²) < 4.78 is 1.78. The predicted molar refractivity (Wildman–Crippen MR) is 62.6 cm³/mol. The Morgan fingerprint density at radius 2 is 2.18 bits per heavy atom. The first-order chi connectivity index (χ1) is 8.28. The van der Waals surface area contributed by atoms with Crippen LogP contribution < -0.4 is 0 Å². The van der Waals surface area contributed by atoms with Crippen molar-refractivity contribution in [1.29, 1.82) is 5.26 Å². The Morgan fingerprint density at radius 3 is 2.82 bits per heavy atom. The van der Waals surface area contributed by atoms with Gasteiger partial charge in [-0.15, -0.1) is 0 Å². The molecule has 0 unspecified atom stereocenters. The summed E-state index contributed by atoms with van der Waals surface area (Å²) in [6, 6.07) is 5.57. The van der Waals surface area contributed by atoms with Gasteiger partial charge in [0.05, 0.1) is 5.69 Å². The van der Waals surface area contributed by atoms with Gasteiger partial charge in [0, 0.05) is 25.1 Å². The van der Waals surface area contributed by atoms with E-state index >= 15 is 0 Å². The van der Waals surface area contributed by atoms with Crippen LogP contribution in [0.15, 0.2) is 18.3 Å². The molecule has 2 rings (SSSR count). The molecule has 0 radical (unpaired) electrons. The largest absolute Gasteiger partial charge is 0.245 e. The molecule has 0 aromatic carbocycles. The molecule has 0 aliphatic rings. The standard InChI is InChI=1S/C12H13N5/c1-3-11-15-12(4-2)17(16-11)10-5-6-14-9(7-10)8-13/h5-7H,3-4H2,1-2H3. The van der Waals surface area contributed by atoms with Gasteiger partial charge in [-0.2, -0.15) is 10.4 Å². The summed E-state index contributed by atoms with van der Waals surface area (Å²) in [6.07, 6.45) is 3.22. The Hall–Kier alpha value is -2.22. The van der Waals surface area contributed by atoms with Gasteiger partial charge in [0.25, 0.3) is 0 Å². The maximum absolute atomic E-state index is 8.83. The molecular formula is C12H13N5. The monoisotopic (exact) mass is 227 g/mol. The SMILES string of the molecule is CCc1nc(CC)n(-c2ccnc(C#N)c2)n1. The van der Waals surface area contributed by atoms with Crippen molar-refractivity contribution in [2.24, 2.45) is 0 Å². The Morgan fingerprint density at radius 1 is 1.35 bits per heavy atom. The first-order valence-corrected chi connectivity index (χ1v) is 5.59. The summed E-state index contributed by atoms with van der Waals surface area (Å²) in [5, 5.41) is 13.2. The van der Waals surface area contributed by atoms with Gasteiger partial charge in [0.2, 0.25) is 0 Å². The van der Waals surface area contributed by atoms with E-state index in [9.17, 15) is 0 Å². The van der Waals surface area contributed by atoms with Crippen LogP contribution in [0.2, 0.25) is 0 Å². The van der Waals surface area contributed by atoms with E-state index in [0.29, 0.717) is 5.69 Å². The summed E-state index contributed by atoms with van der Waals surface area (Å²) in [4.78, 5) is 8.37. The van der Waals surface area contributed by atoms with Crippen molar-refractivity contribution in [3.05, 3.63) is 35.7 Å². The Bertz CT molecular complexity index is 565. The number of nitriles is 1. The number of aryl methyl sites for hydroxylation is 2. The zero-order valence-electron chi connectivity index (χ0n) is 9.88. The highest BCUT2D eigenvalue weighted by molar-refractivity contribution is 5.36. The molecule has 0 saturated heterocycles. The first kappa shape index (κ1) is 11.3. The number of hydrogen-bond donors (Lipinski definition) is 0. The topological polar surface area (TPSA) is 67.4 Å². The molecule has 17 heavy (non-hydrogen) atoms. The van der Waals surface area contributed by atoms with E-state index in [4.69, 9.17) is 5.26 Å². The molecule has 2 heterocycles. The molecule has 0 fully saturated rings. The molecule has 2 aromatic rings. The van der Waals surface area contributed by atoms with Crippen LogP contribution in [0.3, 0.4) is 0 Å². The van der Waals surface area contributed by atoms with Crippen molar-refractivity contribution in [1.82, 2.24) is 19.7 Å². The van der Waals surface area contributed by atoms with E-state index in [1.807, 2.05) is 26.0 Å². The molecule has 0 spiro atoms. The van der Waals surface area contributed by atoms with E-state index in [0.717, 1.165) is 30.2 Å². The molecule has 2 aromatic heterocycles. The van der Waals surface area contributed by atoms with Gasteiger partial charge >= 0.3 is 0 Å². The third kappa shape index (κ3) is 2.16. The average Bonchev–Trinajstić information content (AvgIpc) is 2.82. The van der Waals surface area contributed by atoms with E-state index < -0.39 is 0 Å². The van der Waals surface area contributed by atoms with Gasteiger partial charge in [-0.3, -0.25) is 0 Å². The molecule has 86 valence electrons. The van der Waals surface area contributed by atoms with Crippen LogP contribution in [0.4, 0.5) is 0 Å². The minimum atomic E-state index is 0.387. The van der Waals surface area contributed by atoms with Gasteiger partial charge in [-0.25, -0.2) is 14.6 Å². The molecule has 0 bridgehead atoms. The van der Waals surface area contributed by atoms with Crippen molar-refractivity contribution in [2.45, 2.75) is 26.7 Å². The lowest BCUT2D eigenvalue weighted by Crippen LogP contribution is -2.03. The Kier molecular flexibility index (Phi) is 3.15. The molecule has 0 N–H and O–H groups in total. The smallest absolute Gasteiger partial charge is 0.151 e. The normalized spacial score (nSPS) is 10.2. The minimum Gasteiger partial charge on any atom is -0.245 e. The zero-order valence-corrected chi connectivity index (χ0v) is 9.88. The molecular weight excluding hydrogens is 214 g/mol. The maximum Gasteiger partial charge on any atom is 0.151 e. The van der Waals surface area contributed by atoms with E-state index in [1.54, 1.807) is 16.9 Å². The Labute approximate surface area is 99.8 Å². The van der Waals surface area contributed by atoms with Crippen LogP contribution >= 0.6 is 0 Å². The highest BCUT2D eigenvalue weighted by Crippen LogP contribution is 2.11. The molecule has 0 amide bonds. The second-order valence-corrected chi connectivity index (χ2v) is 3.57. The molecule has 5 nitrogen and oxygen atoms in total. The van der Waals surface area contributed by atoms with Gasteiger partial charge < -0.3 is 0 Å². The lowest BCUT2D eigenvalue weighted by atomic mass is 10.3. The van der Waals surface area contributed by atoms with Gasteiger partial charge in [0.1, 0.15) is 17.6 Å². The number of aromatic nitrogens is 4. The molecule has 0 aliphatic heterocycles. The third-order valence-corrected chi connectivity index (χ3v) is 2.45. The van der Waals surface area contributed by atoms with Crippen LogP contribution in [0.5, 0.6) is 0 Å². The number of nitrogens with zero attached hydrogens (tertiary/aromatic N) is 5. The second kappa shape index (κ2) is 4.74. The summed E-state index contributed by atoms with van der Waals surface area (Å²) in [5.74, 6) is 1.72. The van der Waals surface area contributed by atoms with Gasteiger partial charge in [-0.1, -0.05) is 13.8 Å². The molecule has 5 heteroatoms. The number of hydrogen-bond acceptors (Lipinski definition) is 4. The van der Waals surface area contributed by atoms with Crippen LogP contribution in [0, 0.1) is 11.3 Å². The van der Waals surface area contributed by atoms with Crippen molar-refractivity contribution < 1.29 is 0 Å². The minimum absolute atomic E-state index is 0.387.